The average molecular weight is 324 g/mol. The summed E-state index contributed by atoms with van der Waals surface area (Å²) in [6.45, 7) is 7.64. The van der Waals surface area contributed by atoms with E-state index in [2.05, 4.69) is 15.2 Å². The fourth-order valence-corrected chi connectivity index (χ4v) is 3.06. The van der Waals surface area contributed by atoms with Gasteiger partial charge in [0.05, 0.1) is 16.0 Å². The van der Waals surface area contributed by atoms with Gasteiger partial charge in [-0.3, -0.25) is 10.1 Å². The first kappa shape index (κ1) is 15.1. The Balaban J connectivity index is 2.20. The molecule has 1 aromatic heterocycles. The van der Waals surface area contributed by atoms with Crippen molar-refractivity contribution in [2.45, 2.75) is 19.9 Å². The number of nitro benzene ring substituents is 1. The molecule has 0 aliphatic carbocycles. The van der Waals surface area contributed by atoms with Crippen LogP contribution in [0.1, 0.15) is 19.9 Å². The second-order valence-electron chi connectivity index (χ2n) is 5.66. The monoisotopic (exact) mass is 323 g/mol. The van der Waals surface area contributed by atoms with E-state index in [4.69, 9.17) is 11.6 Å². The van der Waals surface area contributed by atoms with Crippen molar-refractivity contribution >= 4 is 34.3 Å². The highest BCUT2D eigenvalue weighted by Gasteiger charge is 2.23. The van der Waals surface area contributed by atoms with Crippen LogP contribution in [0.15, 0.2) is 12.1 Å². The van der Waals surface area contributed by atoms with Gasteiger partial charge in [-0.15, -0.1) is 0 Å². The molecule has 1 aromatic carbocycles. The van der Waals surface area contributed by atoms with Crippen LogP contribution in [0.5, 0.6) is 0 Å². The van der Waals surface area contributed by atoms with Gasteiger partial charge in [0.15, 0.2) is 0 Å². The first-order valence-electron chi connectivity index (χ1n) is 7.30. The molecule has 22 heavy (non-hydrogen) atoms. The van der Waals surface area contributed by atoms with Crippen LogP contribution >= 0.6 is 11.6 Å². The number of nitrogens with one attached hydrogen (secondary N) is 1. The first-order chi connectivity index (χ1) is 10.5. The van der Waals surface area contributed by atoms with E-state index < -0.39 is 4.92 Å². The number of anilines is 1. The molecule has 7 nitrogen and oxygen atoms in total. The molecular formula is C14H18ClN5O2. The molecule has 0 atom stereocenters. The summed E-state index contributed by atoms with van der Waals surface area (Å²) in [5.74, 6) is 0.850. The summed E-state index contributed by atoms with van der Waals surface area (Å²) in [4.78, 5) is 17.6. The van der Waals surface area contributed by atoms with Gasteiger partial charge in [-0.2, -0.15) is 0 Å². The molecule has 8 heteroatoms. The summed E-state index contributed by atoms with van der Waals surface area (Å²) >= 11 is 6.01. The molecule has 0 amide bonds. The Morgan fingerprint density at radius 2 is 2.05 bits per heavy atom. The molecule has 1 saturated heterocycles. The van der Waals surface area contributed by atoms with Crippen LogP contribution in [0.2, 0.25) is 5.02 Å². The topological polar surface area (TPSA) is 76.2 Å². The number of benzene rings is 1. The lowest BCUT2D eigenvalue weighted by molar-refractivity contribution is -0.384. The van der Waals surface area contributed by atoms with E-state index in [1.165, 1.54) is 6.07 Å². The number of piperazine rings is 1. The molecule has 1 aliphatic heterocycles. The number of nitro groups is 1. The van der Waals surface area contributed by atoms with Crippen LogP contribution in [0, 0.1) is 10.1 Å². The quantitative estimate of drug-likeness (QED) is 0.694. The first-order valence-corrected chi connectivity index (χ1v) is 7.68. The highest BCUT2D eigenvalue weighted by atomic mass is 35.5. The lowest BCUT2D eigenvalue weighted by Crippen LogP contribution is -2.44. The normalized spacial score (nSPS) is 15.7. The van der Waals surface area contributed by atoms with Crippen molar-refractivity contribution < 1.29 is 4.92 Å². The lowest BCUT2D eigenvalue weighted by atomic mass is 10.2. The maximum absolute atomic E-state index is 11.1. The number of rotatable bonds is 3. The Morgan fingerprint density at radius 1 is 1.36 bits per heavy atom. The van der Waals surface area contributed by atoms with E-state index in [0.717, 1.165) is 37.6 Å². The molecule has 0 unspecified atom stereocenters. The SMILES string of the molecule is CC(C)n1c(N2CCNCC2)nc2cc(Cl)c([N+](=O)[O-])cc21. The lowest BCUT2D eigenvalue weighted by Gasteiger charge is -2.29. The van der Waals surface area contributed by atoms with Gasteiger partial charge in [0.2, 0.25) is 5.95 Å². The predicted molar refractivity (Wildman–Crippen MR) is 86.9 cm³/mol. The molecule has 1 fully saturated rings. The smallest absolute Gasteiger partial charge is 0.290 e. The fourth-order valence-electron chi connectivity index (χ4n) is 2.83. The second-order valence-corrected chi connectivity index (χ2v) is 6.07. The summed E-state index contributed by atoms with van der Waals surface area (Å²) in [7, 11) is 0. The highest BCUT2D eigenvalue weighted by Crippen LogP contribution is 2.34. The van der Waals surface area contributed by atoms with Crippen LogP contribution in [0.25, 0.3) is 11.0 Å². The van der Waals surface area contributed by atoms with Crippen molar-refractivity contribution in [3.63, 3.8) is 0 Å². The zero-order chi connectivity index (χ0) is 15.9. The Kier molecular flexibility index (Phi) is 3.92. The zero-order valence-electron chi connectivity index (χ0n) is 12.5. The van der Waals surface area contributed by atoms with Gasteiger partial charge < -0.3 is 14.8 Å². The van der Waals surface area contributed by atoms with Gasteiger partial charge in [0.25, 0.3) is 5.69 Å². The number of hydrogen-bond acceptors (Lipinski definition) is 5. The van der Waals surface area contributed by atoms with Crippen LogP contribution in [0.3, 0.4) is 0 Å². The Morgan fingerprint density at radius 3 is 2.64 bits per heavy atom. The third-order valence-electron chi connectivity index (χ3n) is 3.85. The van der Waals surface area contributed by atoms with E-state index in [9.17, 15) is 10.1 Å². The van der Waals surface area contributed by atoms with E-state index >= 15 is 0 Å². The maximum Gasteiger partial charge on any atom is 0.290 e. The van der Waals surface area contributed by atoms with Crippen molar-refractivity contribution in [1.82, 2.24) is 14.9 Å². The Hall–Kier alpha value is -1.86. The van der Waals surface area contributed by atoms with Crippen molar-refractivity contribution in [3.05, 3.63) is 27.3 Å². The second kappa shape index (κ2) is 5.73. The minimum atomic E-state index is -0.454. The van der Waals surface area contributed by atoms with Crippen molar-refractivity contribution in [3.8, 4) is 0 Å². The summed E-state index contributed by atoms with van der Waals surface area (Å²) in [6, 6.07) is 3.26. The van der Waals surface area contributed by atoms with Crippen LogP contribution in [-0.4, -0.2) is 40.7 Å². The fraction of sp³-hybridized carbons (Fsp3) is 0.500. The molecule has 3 rings (SSSR count). The summed E-state index contributed by atoms with van der Waals surface area (Å²) < 4.78 is 2.05. The highest BCUT2D eigenvalue weighted by molar-refractivity contribution is 6.33. The maximum atomic E-state index is 11.1. The predicted octanol–water partition coefficient (Wildman–Crippen LogP) is 2.59. The Bertz CT molecular complexity index is 722. The van der Waals surface area contributed by atoms with E-state index in [1.54, 1.807) is 6.07 Å². The molecule has 0 spiro atoms. The number of fused-ring (bicyclic) bond motifs is 1. The number of halogens is 1. The molecule has 1 N–H and O–H groups in total. The van der Waals surface area contributed by atoms with Gasteiger partial charge in [0.1, 0.15) is 5.02 Å². The molecule has 118 valence electrons. The van der Waals surface area contributed by atoms with Crippen LogP contribution < -0.4 is 10.2 Å². The molecule has 0 bridgehead atoms. The largest absolute Gasteiger partial charge is 0.340 e. The third kappa shape index (κ3) is 2.50. The summed E-state index contributed by atoms with van der Waals surface area (Å²) in [5, 5.41) is 14.6. The molecule has 0 radical (unpaired) electrons. The van der Waals surface area contributed by atoms with Crippen molar-refractivity contribution in [2.24, 2.45) is 0 Å². The summed E-state index contributed by atoms with van der Waals surface area (Å²) in [6.07, 6.45) is 0. The number of nitrogens with zero attached hydrogens (tertiary/aromatic N) is 4. The standard InChI is InChI=1S/C14H18ClN5O2/c1-9(2)19-13-8-12(20(21)22)10(15)7-11(13)17-14(19)18-5-3-16-4-6-18/h7-9,16H,3-6H2,1-2H3. The van der Waals surface area contributed by atoms with Crippen molar-refractivity contribution in [1.29, 1.82) is 0 Å². The minimum Gasteiger partial charge on any atom is -0.340 e. The number of hydrogen-bond donors (Lipinski definition) is 1. The minimum absolute atomic E-state index is 0.0807. The van der Waals surface area contributed by atoms with Gasteiger partial charge in [-0.25, -0.2) is 4.98 Å². The average Bonchev–Trinajstić information content (AvgIpc) is 2.85. The Labute approximate surface area is 133 Å². The number of imidazole rings is 1. The van der Waals surface area contributed by atoms with Crippen LogP contribution in [0.4, 0.5) is 11.6 Å². The third-order valence-corrected chi connectivity index (χ3v) is 4.16. The van der Waals surface area contributed by atoms with Gasteiger partial charge in [-0.05, 0) is 19.9 Å². The van der Waals surface area contributed by atoms with Gasteiger partial charge >= 0.3 is 0 Å². The van der Waals surface area contributed by atoms with E-state index in [0.29, 0.717) is 5.52 Å². The van der Waals surface area contributed by atoms with Crippen molar-refractivity contribution in [2.75, 3.05) is 31.1 Å². The van der Waals surface area contributed by atoms with E-state index in [-0.39, 0.29) is 16.8 Å². The molecule has 2 aromatic rings. The van der Waals surface area contributed by atoms with Gasteiger partial charge in [-0.1, -0.05) is 11.6 Å². The molecule has 0 saturated carbocycles. The zero-order valence-corrected chi connectivity index (χ0v) is 13.3. The number of aromatic nitrogens is 2. The van der Waals surface area contributed by atoms with Gasteiger partial charge in [0, 0.05) is 38.3 Å². The molecular weight excluding hydrogens is 306 g/mol. The summed E-state index contributed by atoms with van der Waals surface area (Å²) in [5.41, 5.74) is 1.36. The van der Waals surface area contributed by atoms with Crippen LogP contribution in [-0.2, 0) is 0 Å². The molecule has 2 heterocycles. The van der Waals surface area contributed by atoms with E-state index in [1.807, 2.05) is 18.4 Å². The molecule has 1 aliphatic rings.